The molecule has 0 radical (unpaired) electrons. The van der Waals surface area contributed by atoms with Gasteiger partial charge in [0.25, 0.3) is 0 Å². The van der Waals surface area contributed by atoms with Crippen LogP contribution in [0.2, 0.25) is 0 Å². The second-order valence-electron chi connectivity index (χ2n) is 6.31. The molecule has 1 saturated heterocycles. The molecule has 3 fully saturated rings. The summed E-state index contributed by atoms with van der Waals surface area (Å²) in [4.78, 5) is 23.3. The van der Waals surface area contributed by atoms with Gasteiger partial charge in [0, 0.05) is 25.1 Å². The zero-order valence-electron chi connectivity index (χ0n) is 11.5. The van der Waals surface area contributed by atoms with Gasteiger partial charge in [0.1, 0.15) is 0 Å². The lowest BCUT2D eigenvalue weighted by atomic mass is 9.84. The number of hydrogen-bond donors (Lipinski definition) is 3. The van der Waals surface area contributed by atoms with E-state index >= 15 is 0 Å². The first-order chi connectivity index (χ1) is 9.65. The second-order valence-corrected chi connectivity index (χ2v) is 6.31. The summed E-state index contributed by atoms with van der Waals surface area (Å²) in [5.74, 6) is -0.218. The molecule has 1 aliphatic heterocycles. The highest BCUT2D eigenvalue weighted by Gasteiger charge is 2.51. The first-order valence-electron chi connectivity index (χ1n) is 7.50. The van der Waals surface area contributed by atoms with Crippen LogP contribution in [0, 0.1) is 23.7 Å². The number of carbonyl (C=O) groups excluding carboxylic acids is 1. The number of amides is 2. The van der Waals surface area contributed by atoms with Gasteiger partial charge in [0.15, 0.2) is 0 Å². The van der Waals surface area contributed by atoms with Crippen LogP contribution in [0.3, 0.4) is 0 Å². The molecule has 5 unspecified atom stereocenters. The Labute approximate surface area is 118 Å². The first-order valence-corrected chi connectivity index (χ1v) is 7.50. The first kappa shape index (κ1) is 13.7. The van der Waals surface area contributed by atoms with Gasteiger partial charge in [0.2, 0.25) is 0 Å². The van der Waals surface area contributed by atoms with Crippen molar-refractivity contribution in [2.24, 2.45) is 23.7 Å². The average molecular weight is 282 g/mol. The SMILES string of the molecule is O=C(NCC1CCOC1)NC1C2CCC(C2)C1C(=O)O. The molecule has 0 aromatic carbocycles. The van der Waals surface area contributed by atoms with E-state index in [9.17, 15) is 14.7 Å². The molecule has 2 aliphatic carbocycles. The number of urea groups is 1. The normalized spacial score (nSPS) is 38.9. The molecule has 6 nitrogen and oxygen atoms in total. The second kappa shape index (κ2) is 5.60. The van der Waals surface area contributed by atoms with Crippen molar-refractivity contribution in [2.75, 3.05) is 19.8 Å². The van der Waals surface area contributed by atoms with Gasteiger partial charge >= 0.3 is 12.0 Å². The standard InChI is InChI=1S/C14H22N2O4/c17-13(18)11-9-1-2-10(5-9)12(11)16-14(19)15-6-8-3-4-20-7-8/h8-12H,1-7H2,(H,17,18)(H2,15,16,19). The fourth-order valence-corrected chi connectivity index (χ4v) is 4.04. The largest absolute Gasteiger partial charge is 0.481 e. The van der Waals surface area contributed by atoms with E-state index in [2.05, 4.69) is 10.6 Å². The fraction of sp³-hybridized carbons (Fsp3) is 0.857. The summed E-state index contributed by atoms with van der Waals surface area (Å²) < 4.78 is 5.26. The highest BCUT2D eigenvalue weighted by Crippen LogP contribution is 2.48. The summed E-state index contributed by atoms with van der Waals surface area (Å²) in [6.45, 7) is 2.07. The molecular formula is C14H22N2O4. The Hall–Kier alpha value is -1.30. The highest BCUT2D eigenvalue weighted by atomic mass is 16.5. The van der Waals surface area contributed by atoms with E-state index in [4.69, 9.17) is 4.74 Å². The molecule has 20 heavy (non-hydrogen) atoms. The minimum Gasteiger partial charge on any atom is -0.481 e. The lowest BCUT2D eigenvalue weighted by Crippen LogP contribution is -2.50. The van der Waals surface area contributed by atoms with E-state index in [1.54, 1.807) is 0 Å². The van der Waals surface area contributed by atoms with Crippen molar-refractivity contribution in [3.05, 3.63) is 0 Å². The minimum absolute atomic E-state index is 0.203. The smallest absolute Gasteiger partial charge is 0.315 e. The average Bonchev–Trinajstić information content (AvgIpc) is 3.12. The third kappa shape index (κ3) is 2.61. The number of aliphatic carboxylic acids is 1. The Balaban J connectivity index is 1.51. The van der Waals surface area contributed by atoms with Gasteiger partial charge in [-0.3, -0.25) is 4.79 Å². The van der Waals surface area contributed by atoms with Gasteiger partial charge in [-0.05, 0) is 37.5 Å². The van der Waals surface area contributed by atoms with E-state index in [1.165, 1.54) is 0 Å². The van der Waals surface area contributed by atoms with Crippen LogP contribution >= 0.6 is 0 Å². The number of carboxylic acids is 1. The van der Waals surface area contributed by atoms with E-state index < -0.39 is 11.9 Å². The Kier molecular flexibility index (Phi) is 3.83. The summed E-state index contributed by atoms with van der Waals surface area (Å²) >= 11 is 0. The Bertz CT molecular complexity index is 395. The lowest BCUT2D eigenvalue weighted by Gasteiger charge is -2.29. The number of fused-ring (bicyclic) bond motifs is 2. The predicted molar refractivity (Wildman–Crippen MR) is 71.2 cm³/mol. The van der Waals surface area contributed by atoms with Gasteiger partial charge in [0.05, 0.1) is 12.5 Å². The van der Waals surface area contributed by atoms with Crippen molar-refractivity contribution >= 4 is 12.0 Å². The van der Waals surface area contributed by atoms with Gasteiger partial charge in [-0.15, -0.1) is 0 Å². The van der Waals surface area contributed by atoms with Crippen LogP contribution < -0.4 is 10.6 Å². The van der Waals surface area contributed by atoms with Crippen molar-refractivity contribution < 1.29 is 19.4 Å². The van der Waals surface area contributed by atoms with E-state index in [-0.39, 0.29) is 18.0 Å². The molecular weight excluding hydrogens is 260 g/mol. The van der Waals surface area contributed by atoms with Gasteiger partial charge in [-0.1, -0.05) is 0 Å². The predicted octanol–water partition coefficient (Wildman–Crippen LogP) is 0.821. The molecule has 3 N–H and O–H groups in total. The maximum absolute atomic E-state index is 11.9. The monoisotopic (exact) mass is 282 g/mol. The van der Waals surface area contributed by atoms with Crippen LogP contribution in [0.5, 0.6) is 0 Å². The van der Waals surface area contributed by atoms with Crippen molar-refractivity contribution in [1.82, 2.24) is 10.6 Å². The number of carbonyl (C=O) groups is 2. The summed E-state index contributed by atoms with van der Waals surface area (Å²) in [6, 6.07) is -0.438. The molecule has 112 valence electrons. The summed E-state index contributed by atoms with van der Waals surface area (Å²) in [6.07, 6.45) is 3.95. The molecule has 1 heterocycles. The Morgan fingerprint density at radius 1 is 1.20 bits per heavy atom. The van der Waals surface area contributed by atoms with Gasteiger partial charge in [-0.25, -0.2) is 4.79 Å². The third-order valence-corrected chi connectivity index (χ3v) is 5.07. The molecule has 2 saturated carbocycles. The minimum atomic E-state index is -0.772. The number of rotatable bonds is 4. The van der Waals surface area contributed by atoms with Crippen LogP contribution in [0.15, 0.2) is 0 Å². The Morgan fingerprint density at radius 2 is 2.00 bits per heavy atom. The number of carboxylic acid groups (broad SMARTS) is 1. The van der Waals surface area contributed by atoms with Crippen LogP contribution in [0.25, 0.3) is 0 Å². The fourth-order valence-electron chi connectivity index (χ4n) is 4.04. The van der Waals surface area contributed by atoms with Crippen LogP contribution in [-0.4, -0.2) is 42.9 Å². The number of hydrogen-bond acceptors (Lipinski definition) is 3. The Morgan fingerprint density at radius 3 is 2.70 bits per heavy atom. The van der Waals surface area contributed by atoms with Gasteiger partial charge in [-0.2, -0.15) is 0 Å². The van der Waals surface area contributed by atoms with Crippen molar-refractivity contribution in [1.29, 1.82) is 0 Å². The highest BCUT2D eigenvalue weighted by molar-refractivity contribution is 5.77. The molecule has 3 rings (SSSR count). The van der Waals surface area contributed by atoms with E-state index in [0.29, 0.717) is 25.0 Å². The van der Waals surface area contributed by atoms with Crippen molar-refractivity contribution in [2.45, 2.75) is 31.7 Å². The zero-order valence-corrected chi connectivity index (χ0v) is 11.5. The maximum atomic E-state index is 11.9. The third-order valence-electron chi connectivity index (χ3n) is 5.07. The van der Waals surface area contributed by atoms with Crippen molar-refractivity contribution in [3.8, 4) is 0 Å². The topological polar surface area (TPSA) is 87.7 Å². The molecule has 0 spiro atoms. The molecule has 3 aliphatic rings. The maximum Gasteiger partial charge on any atom is 0.315 e. The van der Waals surface area contributed by atoms with E-state index in [1.807, 2.05) is 0 Å². The molecule has 2 bridgehead atoms. The van der Waals surface area contributed by atoms with Crippen LogP contribution in [0.4, 0.5) is 4.79 Å². The molecule has 2 amide bonds. The van der Waals surface area contributed by atoms with Crippen molar-refractivity contribution in [3.63, 3.8) is 0 Å². The number of ether oxygens (including phenoxy) is 1. The zero-order chi connectivity index (χ0) is 14.1. The molecule has 5 atom stereocenters. The molecule has 0 aromatic rings. The lowest BCUT2D eigenvalue weighted by molar-refractivity contribution is -0.144. The van der Waals surface area contributed by atoms with E-state index in [0.717, 1.165) is 32.3 Å². The molecule has 0 aromatic heterocycles. The number of nitrogens with one attached hydrogen (secondary N) is 2. The molecule has 6 heteroatoms. The van der Waals surface area contributed by atoms with Crippen LogP contribution in [0.1, 0.15) is 25.7 Å². The summed E-state index contributed by atoms with van der Waals surface area (Å²) in [7, 11) is 0. The summed E-state index contributed by atoms with van der Waals surface area (Å²) in [5.41, 5.74) is 0. The van der Waals surface area contributed by atoms with Crippen LogP contribution in [-0.2, 0) is 9.53 Å². The summed E-state index contributed by atoms with van der Waals surface area (Å²) in [5, 5.41) is 15.1. The van der Waals surface area contributed by atoms with Gasteiger partial charge < -0.3 is 20.5 Å². The quantitative estimate of drug-likeness (QED) is 0.712.